The summed E-state index contributed by atoms with van der Waals surface area (Å²) in [5.74, 6) is -3.62. The van der Waals surface area contributed by atoms with E-state index in [1.807, 2.05) is 0 Å². The lowest BCUT2D eigenvalue weighted by Gasteiger charge is -2.23. The molecule has 0 bridgehead atoms. The number of nitrogens with one attached hydrogen (secondary N) is 5. The molecule has 18 nitrogen and oxygen atoms in total. The highest BCUT2D eigenvalue weighted by Crippen LogP contribution is 2.07. The molecule has 0 aliphatic carbocycles. The van der Waals surface area contributed by atoms with Gasteiger partial charge in [0.25, 0.3) is 0 Å². The van der Waals surface area contributed by atoms with Gasteiger partial charge < -0.3 is 59.2 Å². The van der Waals surface area contributed by atoms with Crippen LogP contribution in [-0.4, -0.2) is 118 Å². The number of guanidine groups is 1. The van der Waals surface area contributed by atoms with Crippen LogP contribution in [0.25, 0.3) is 0 Å². The van der Waals surface area contributed by atoms with Crippen molar-refractivity contribution in [1.29, 1.82) is 0 Å². The van der Waals surface area contributed by atoms with E-state index in [4.69, 9.17) is 27.7 Å². The monoisotopic (exact) mass is 627 g/mol. The highest BCUT2D eigenvalue weighted by atomic mass is 16.5. The fourth-order valence-electron chi connectivity index (χ4n) is 4.16. The van der Waals surface area contributed by atoms with Crippen molar-refractivity contribution in [2.24, 2.45) is 27.9 Å². The Morgan fingerprint density at radius 3 is 2.09 bits per heavy atom. The zero-order chi connectivity index (χ0) is 32.9. The summed E-state index contributed by atoms with van der Waals surface area (Å²) in [5, 5.41) is 12.9. The van der Waals surface area contributed by atoms with E-state index in [2.05, 4.69) is 31.6 Å². The molecule has 0 aromatic carbocycles. The van der Waals surface area contributed by atoms with Crippen molar-refractivity contribution in [3.05, 3.63) is 0 Å². The van der Waals surface area contributed by atoms with E-state index in [-0.39, 0.29) is 58.2 Å². The Balaban J connectivity index is 3.11. The topological polar surface area (TPSA) is 291 Å². The second-order valence-corrected chi connectivity index (χ2v) is 10.3. The standard InChI is InChI=1S/C26H49N11O7/c1-37-15-22(40)32-14-21(39)31-12-8-20(38)34-18(7-3-5-11-28)24(42)35-17(6-2-4-10-27)23(41)33-16-44-13-9-19(25(37)43)36-26(29)30/h17-19H,2-16,27-28H2,1H3,(H,31,39)(H,32,40)(H,33,41)(H,34,38)(H,35,42)(H4,29,30,36)/t17-,18-,19+/m0/s1. The molecule has 44 heavy (non-hydrogen) atoms. The number of nitrogens with zero attached hydrogens (tertiary/aromatic N) is 2. The van der Waals surface area contributed by atoms with Crippen LogP contribution in [0.4, 0.5) is 0 Å². The predicted octanol–water partition coefficient (Wildman–Crippen LogP) is -4.57. The summed E-state index contributed by atoms with van der Waals surface area (Å²) in [4.78, 5) is 81.2. The SMILES string of the molecule is CN1CC(=O)NCC(=O)NCCC(=O)N[C@@H](CCCCN)C(=O)N[C@@H](CCCCN)C(=O)NCOCC[C@@H](N=C(N)N)C1=O. The quantitative estimate of drug-likeness (QED) is 0.0666. The second-order valence-electron chi connectivity index (χ2n) is 10.3. The number of likely N-dealkylation sites (N-methyl/N-ethyl adjacent to an activating group) is 1. The lowest BCUT2D eigenvalue weighted by molar-refractivity contribution is -0.136. The van der Waals surface area contributed by atoms with Gasteiger partial charge in [-0.05, 0) is 51.6 Å². The first-order chi connectivity index (χ1) is 21.0. The number of ether oxygens (including phenoxy) is 1. The Kier molecular flexibility index (Phi) is 18.7. The number of hydrogen-bond acceptors (Lipinski definition) is 10. The van der Waals surface area contributed by atoms with Crippen LogP contribution in [0.5, 0.6) is 0 Å². The molecule has 250 valence electrons. The molecule has 0 aromatic rings. The molecule has 6 amide bonds. The summed E-state index contributed by atoms with van der Waals surface area (Å²) in [6.45, 7) is -0.264. The molecule has 1 fully saturated rings. The normalized spacial score (nSPS) is 22.6. The first-order valence-corrected chi connectivity index (χ1v) is 14.7. The van der Waals surface area contributed by atoms with Crippen LogP contribution in [0.2, 0.25) is 0 Å². The third-order valence-corrected chi connectivity index (χ3v) is 6.53. The zero-order valence-corrected chi connectivity index (χ0v) is 25.4. The number of carbonyl (C=O) groups is 6. The Bertz CT molecular complexity index is 991. The van der Waals surface area contributed by atoms with Crippen molar-refractivity contribution in [1.82, 2.24) is 31.5 Å². The van der Waals surface area contributed by atoms with Crippen LogP contribution in [0.1, 0.15) is 51.4 Å². The fourth-order valence-corrected chi connectivity index (χ4v) is 4.16. The minimum Gasteiger partial charge on any atom is -0.370 e. The highest BCUT2D eigenvalue weighted by molar-refractivity contribution is 5.93. The van der Waals surface area contributed by atoms with Crippen LogP contribution in [-0.2, 0) is 33.5 Å². The van der Waals surface area contributed by atoms with Gasteiger partial charge in [-0.25, -0.2) is 4.99 Å². The van der Waals surface area contributed by atoms with Gasteiger partial charge in [-0.2, -0.15) is 0 Å². The molecule has 0 saturated carbocycles. The van der Waals surface area contributed by atoms with Gasteiger partial charge in [0.2, 0.25) is 35.4 Å². The van der Waals surface area contributed by atoms with Gasteiger partial charge in [0, 0.05) is 26.4 Å². The number of hydrogen-bond donors (Lipinski definition) is 9. The molecule has 18 heteroatoms. The molecule has 3 atom stereocenters. The van der Waals surface area contributed by atoms with Gasteiger partial charge in [0.1, 0.15) is 24.9 Å². The summed E-state index contributed by atoms with van der Waals surface area (Å²) >= 11 is 0. The van der Waals surface area contributed by atoms with E-state index in [0.29, 0.717) is 45.2 Å². The van der Waals surface area contributed by atoms with E-state index >= 15 is 0 Å². The Morgan fingerprint density at radius 2 is 1.48 bits per heavy atom. The molecule has 1 rings (SSSR count). The van der Waals surface area contributed by atoms with Gasteiger partial charge in [-0.15, -0.1) is 0 Å². The summed E-state index contributed by atoms with van der Waals surface area (Å²) in [6, 6.07) is -2.93. The Hall–Kier alpha value is -4.03. The Labute approximate surface area is 257 Å². The minimum atomic E-state index is -1.07. The van der Waals surface area contributed by atoms with Crippen LogP contribution >= 0.6 is 0 Å². The first kappa shape index (κ1) is 38.0. The van der Waals surface area contributed by atoms with Crippen LogP contribution < -0.4 is 49.5 Å². The molecule has 0 spiro atoms. The van der Waals surface area contributed by atoms with E-state index in [0.717, 1.165) is 4.90 Å². The molecule has 1 aliphatic rings. The minimum absolute atomic E-state index is 0.0296. The third kappa shape index (κ3) is 16.0. The van der Waals surface area contributed by atoms with Crippen molar-refractivity contribution >= 4 is 41.4 Å². The number of rotatable bonds is 9. The van der Waals surface area contributed by atoms with Crippen molar-refractivity contribution in [3.8, 4) is 0 Å². The van der Waals surface area contributed by atoms with E-state index < -0.39 is 53.6 Å². The fraction of sp³-hybridized carbons (Fsp3) is 0.731. The number of aliphatic imine (C=N–C) groups is 1. The molecule has 0 unspecified atom stereocenters. The average molecular weight is 628 g/mol. The van der Waals surface area contributed by atoms with Gasteiger partial charge >= 0.3 is 0 Å². The second kappa shape index (κ2) is 21.6. The van der Waals surface area contributed by atoms with Gasteiger partial charge in [-0.1, -0.05) is 0 Å². The number of amides is 6. The van der Waals surface area contributed by atoms with Crippen LogP contribution in [0.15, 0.2) is 4.99 Å². The van der Waals surface area contributed by atoms with Crippen LogP contribution in [0, 0.1) is 0 Å². The maximum Gasteiger partial charge on any atom is 0.247 e. The number of unbranched alkanes of at least 4 members (excludes halogenated alkanes) is 2. The summed E-state index contributed by atoms with van der Waals surface area (Å²) in [5.41, 5.74) is 22.1. The van der Waals surface area contributed by atoms with Gasteiger partial charge in [0.15, 0.2) is 5.96 Å². The molecule has 1 aliphatic heterocycles. The van der Waals surface area contributed by atoms with E-state index in [1.54, 1.807) is 0 Å². The first-order valence-electron chi connectivity index (χ1n) is 14.7. The third-order valence-electron chi connectivity index (χ3n) is 6.53. The lowest BCUT2D eigenvalue weighted by Crippen LogP contribution is -2.54. The molecule has 0 aromatic heterocycles. The van der Waals surface area contributed by atoms with Gasteiger partial charge in [-0.3, -0.25) is 28.8 Å². The maximum atomic E-state index is 13.2. The molecule has 13 N–H and O–H groups in total. The largest absolute Gasteiger partial charge is 0.370 e. The Morgan fingerprint density at radius 1 is 0.841 bits per heavy atom. The van der Waals surface area contributed by atoms with Gasteiger partial charge in [0.05, 0.1) is 19.7 Å². The van der Waals surface area contributed by atoms with E-state index in [9.17, 15) is 28.8 Å². The van der Waals surface area contributed by atoms with Crippen molar-refractivity contribution in [2.45, 2.75) is 69.5 Å². The smallest absolute Gasteiger partial charge is 0.247 e. The molecule has 0 radical (unpaired) electrons. The molecule has 1 heterocycles. The van der Waals surface area contributed by atoms with Crippen molar-refractivity contribution < 1.29 is 33.5 Å². The number of nitrogens with two attached hydrogens (primary N) is 4. The highest BCUT2D eigenvalue weighted by Gasteiger charge is 2.27. The van der Waals surface area contributed by atoms with Crippen LogP contribution in [0.3, 0.4) is 0 Å². The molecule has 1 saturated heterocycles. The lowest BCUT2D eigenvalue weighted by atomic mass is 10.1. The zero-order valence-electron chi connectivity index (χ0n) is 25.4. The van der Waals surface area contributed by atoms with Crippen molar-refractivity contribution in [2.75, 3.05) is 53.1 Å². The van der Waals surface area contributed by atoms with E-state index in [1.165, 1.54) is 7.05 Å². The maximum absolute atomic E-state index is 13.2. The summed E-state index contributed by atoms with van der Waals surface area (Å²) < 4.78 is 5.48. The molecular weight excluding hydrogens is 578 g/mol. The summed E-state index contributed by atoms with van der Waals surface area (Å²) in [7, 11) is 1.38. The summed E-state index contributed by atoms with van der Waals surface area (Å²) in [6.07, 6.45) is 2.86. The average Bonchev–Trinajstić information content (AvgIpc) is 2.97. The predicted molar refractivity (Wildman–Crippen MR) is 161 cm³/mol. The van der Waals surface area contributed by atoms with Crippen molar-refractivity contribution in [3.63, 3.8) is 0 Å². The molecular formula is C26H49N11O7. The number of carbonyl (C=O) groups excluding carboxylic acids is 6.